The van der Waals surface area contributed by atoms with Gasteiger partial charge in [0.1, 0.15) is 0 Å². The number of hydrogen-bond donors (Lipinski definition) is 2. The highest BCUT2D eigenvalue weighted by molar-refractivity contribution is 9.09. The normalized spacial score (nSPS) is 16.4. The summed E-state index contributed by atoms with van der Waals surface area (Å²) in [4.78, 5) is 0.0547. The van der Waals surface area contributed by atoms with Gasteiger partial charge >= 0.3 is 0 Å². The number of unbranched alkanes of at least 4 members (excludes halogenated alkanes) is 2. The predicted molar refractivity (Wildman–Crippen MR) is 49.9 cm³/mol. The van der Waals surface area contributed by atoms with E-state index in [-0.39, 0.29) is 11.4 Å². The lowest BCUT2D eigenvalue weighted by Crippen LogP contribution is -2.24. The van der Waals surface area contributed by atoms with Crippen LogP contribution in [0.15, 0.2) is 0 Å². The minimum atomic E-state index is -0.605. The van der Waals surface area contributed by atoms with Gasteiger partial charge in [-0.15, -0.1) is 0 Å². The Morgan fingerprint density at radius 3 is 2.45 bits per heavy atom. The summed E-state index contributed by atoms with van der Waals surface area (Å²) in [6.45, 7) is 1.99. The summed E-state index contributed by atoms with van der Waals surface area (Å²) in [5.74, 6) is 0. The number of rotatable bonds is 6. The van der Waals surface area contributed by atoms with Crippen molar-refractivity contribution in [2.24, 2.45) is 0 Å². The zero-order valence-electron chi connectivity index (χ0n) is 6.96. The Kier molecular flexibility index (Phi) is 7.33. The van der Waals surface area contributed by atoms with Gasteiger partial charge in [0.2, 0.25) is 0 Å². The second kappa shape index (κ2) is 7.07. The third-order valence-electron chi connectivity index (χ3n) is 1.69. The SMILES string of the molecule is CCCCC[C@@H](Br)[C@@H](O)CO. The number of aliphatic hydroxyl groups excluding tert-OH is 2. The van der Waals surface area contributed by atoms with E-state index >= 15 is 0 Å². The van der Waals surface area contributed by atoms with Crippen molar-refractivity contribution in [2.45, 2.75) is 43.5 Å². The maximum absolute atomic E-state index is 9.13. The molecule has 0 aliphatic heterocycles. The fourth-order valence-corrected chi connectivity index (χ4v) is 1.39. The van der Waals surface area contributed by atoms with Crippen LogP contribution in [0.4, 0.5) is 0 Å². The van der Waals surface area contributed by atoms with Gasteiger partial charge in [-0.25, -0.2) is 0 Å². The van der Waals surface area contributed by atoms with Crippen molar-refractivity contribution in [3.63, 3.8) is 0 Å². The molecule has 0 amide bonds. The molecule has 2 nitrogen and oxygen atoms in total. The van der Waals surface area contributed by atoms with Gasteiger partial charge in [-0.3, -0.25) is 0 Å². The van der Waals surface area contributed by atoms with Crippen LogP contribution >= 0.6 is 15.9 Å². The van der Waals surface area contributed by atoms with Gasteiger partial charge in [0.25, 0.3) is 0 Å². The standard InChI is InChI=1S/C8H17BrO2/c1-2-3-4-5-7(9)8(11)6-10/h7-8,10-11H,2-6H2,1H3/t7-,8+/m1/s1. The average Bonchev–Trinajstić information content (AvgIpc) is 2.03. The van der Waals surface area contributed by atoms with E-state index in [9.17, 15) is 0 Å². The summed E-state index contributed by atoms with van der Waals surface area (Å²) >= 11 is 3.32. The minimum absolute atomic E-state index is 0.0547. The highest BCUT2D eigenvalue weighted by Gasteiger charge is 2.13. The van der Waals surface area contributed by atoms with Crippen molar-refractivity contribution >= 4 is 15.9 Å². The molecule has 0 saturated carbocycles. The molecule has 0 radical (unpaired) electrons. The van der Waals surface area contributed by atoms with Crippen LogP contribution < -0.4 is 0 Å². The van der Waals surface area contributed by atoms with Crippen molar-refractivity contribution in [1.29, 1.82) is 0 Å². The summed E-state index contributed by atoms with van der Waals surface area (Å²) < 4.78 is 0. The Bertz CT molecular complexity index is 88.2. The summed E-state index contributed by atoms with van der Waals surface area (Å²) in [7, 11) is 0. The number of hydrogen-bond acceptors (Lipinski definition) is 2. The zero-order valence-corrected chi connectivity index (χ0v) is 8.55. The van der Waals surface area contributed by atoms with Crippen LogP contribution in [-0.4, -0.2) is 27.8 Å². The second-order valence-corrected chi connectivity index (χ2v) is 3.94. The summed E-state index contributed by atoms with van der Waals surface area (Å²) in [5.41, 5.74) is 0. The molecule has 0 fully saturated rings. The van der Waals surface area contributed by atoms with E-state index in [1.165, 1.54) is 12.8 Å². The molecule has 0 aromatic carbocycles. The number of alkyl halides is 1. The highest BCUT2D eigenvalue weighted by atomic mass is 79.9. The van der Waals surface area contributed by atoms with Crippen LogP contribution in [0, 0.1) is 0 Å². The van der Waals surface area contributed by atoms with Crippen LogP contribution in [0.5, 0.6) is 0 Å². The maximum Gasteiger partial charge on any atom is 0.0895 e. The molecular formula is C8H17BrO2. The fraction of sp³-hybridized carbons (Fsp3) is 1.00. The quantitative estimate of drug-likeness (QED) is 0.533. The topological polar surface area (TPSA) is 40.5 Å². The number of halogens is 1. The lowest BCUT2D eigenvalue weighted by molar-refractivity contribution is 0.0922. The van der Waals surface area contributed by atoms with Gasteiger partial charge in [0, 0.05) is 4.83 Å². The third kappa shape index (κ3) is 5.65. The molecule has 0 bridgehead atoms. The molecule has 3 heteroatoms. The van der Waals surface area contributed by atoms with Gasteiger partial charge in [0.15, 0.2) is 0 Å². The molecule has 0 saturated heterocycles. The van der Waals surface area contributed by atoms with Gasteiger partial charge in [0.05, 0.1) is 12.7 Å². The van der Waals surface area contributed by atoms with Gasteiger partial charge < -0.3 is 10.2 Å². The molecular weight excluding hydrogens is 208 g/mol. The largest absolute Gasteiger partial charge is 0.394 e. The van der Waals surface area contributed by atoms with E-state index in [4.69, 9.17) is 10.2 Å². The fourth-order valence-electron chi connectivity index (χ4n) is 0.896. The smallest absolute Gasteiger partial charge is 0.0895 e. The lowest BCUT2D eigenvalue weighted by atomic mass is 10.1. The van der Waals surface area contributed by atoms with E-state index in [0.29, 0.717) is 0 Å². The second-order valence-electron chi connectivity index (χ2n) is 2.76. The van der Waals surface area contributed by atoms with E-state index in [1.807, 2.05) is 0 Å². The first-order chi connectivity index (χ1) is 5.22. The van der Waals surface area contributed by atoms with Crippen LogP contribution in [-0.2, 0) is 0 Å². The van der Waals surface area contributed by atoms with Gasteiger partial charge in [-0.2, -0.15) is 0 Å². The monoisotopic (exact) mass is 224 g/mol. The third-order valence-corrected chi connectivity index (χ3v) is 2.76. The molecule has 0 unspecified atom stereocenters. The molecule has 68 valence electrons. The first kappa shape index (κ1) is 11.4. The van der Waals surface area contributed by atoms with E-state index in [0.717, 1.165) is 12.8 Å². The van der Waals surface area contributed by atoms with Crippen LogP contribution in [0.1, 0.15) is 32.6 Å². The lowest BCUT2D eigenvalue weighted by Gasteiger charge is -2.13. The van der Waals surface area contributed by atoms with Crippen molar-refractivity contribution in [3.8, 4) is 0 Å². The van der Waals surface area contributed by atoms with Gasteiger partial charge in [-0.1, -0.05) is 42.1 Å². The molecule has 0 aliphatic rings. The highest BCUT2D eigenvalue weighted by Crippen LogP contribution is 2.14. The molecule has 11 heavy (non-hydrogen) atoms. The van der Waals surface area contributed by atoms with Gasteiger partial charge in [-0.05, 0) is 6.42 Å². The van der Waals surface area contributed by atoms with Crippen molar-refractivity contribution < 1.29 is 10.2 Å². The van der Waals surface area contributed by atoms with Crippen molar-refractivity contribution in [2.75, 3.05) is 6.61 Å². The Morgan fingerprint density at radius 1 is 1.36 bits per heavy atom. The predicted octanol–water partition coefficient (Wildman–Crippen LogP) is 1.68. The van der Waals surface area contributed by atoms with Crippen LogP contribution in [0.3, 0.4) is 0 Å². The molecule has 0 aliphatic carbocycles. The Morgan fingerprint density at radius 2 is 2.00 bits per heavy atom. The van der Waals surface area contributed by atoms with Crippen LogP contribution in [0.25, 0.3) is 0 Å². The molecule has 2 atom stereocenters. The minimum Gasteiger partial charge on any atom is -0.394 e. The van der Waals surface area contributed by atoms with Crippen LogP contribution in [0.2, 0.25) is 0 Å². The molecule has 0 heterocycles. The summed E-state index contributed by atoms with van der Waals surface area (Å²) in [6.07, 6.45) is 3.83. The zero-order chi connectivity index (χ0) is 8.69. The molecule has 0 aromatic heterocycles. The first-order valence-corrected chi connectivity index (χ1v) is 5.07. The Hall–Kier alpha value is 0.400. The maximum atomic E-state index is 9.13. The van der Waals surface area contributed by atoms with Crippen molar-refractivity contribution in [1.82, 2.24) is 0 Å². The van der Waals surface area contributed by atoms with Crippen molar-refractivity contribution in [3.05, 3.63) is 0 Å². The molecule has 0 aromatic rings. The Labute approximate surface area is 76.7 Å². The van der Waals surface area contributed by atoms with E-state index < -0.39 is 6.10 Å². The van der Waals surface area contributed by atoms with E-state index in [1.54, 1.807) is 0 Å². The Balaban J connectivity index is 3.28. The first-order valence-electron chi connectivity index (χ1n) is 4.15. The molecule has 0 spiro atoms. The molecule has 2 N–H and O–H groups in total. The summed E-state index contributed by atoms with van der Waals surface area (Å²) in [6, 6.07) is 0. The average molecular weight is 225 g/mol. The van der Waals surface area contributed by atoms with E-state index in [2.05, 4.69) is 22.9 Å². The molecule has 0 rings (SSSR count). The number of aliphatic hydroxyl groups is 2. The summed E-state index contributed by atoms with van der Waals surface area (Å²) in [5, 5.41) is 17.7.